The molecule has 0 radical (unpaired) electrons. The van der Waals surface area contributed by atoms with E-state index >= 15 is 0 Å². The van der Waals surface area contributed by atoms with Crippen LogP contribution in [-0.2, 0) is 0 Å². The second-order valence-corrected chi connectivity index (χ2v) is 9.60. The zero-order valence-electron chi connectivity index (χ0n) is 21.7. The van der Waals surface area contributed by atoms with E-state index in [9.17, 15) is 8.78 Å². The van der Waals surface area contributed by atoms with E-state index in [1.807, 2.05) is 73.1 Å². The predicted molar refractivity (Wildman–Crippen MR) is 167 cm³/mol. The second kappa shape index (κ2) is 15.0. The number of hydrogen-bond donors (Lipinski definition) is 0. The third-order valence-electron chi connectivity index (χ3n) is 5.38. The molecule has 41 heavy (non-hydrogen) atoms. The van der Waals surface area contributed by atoms with Crippen LogP contribution >= 0.6 is 22.6 Å². The van der Waals surface area contributed by atoms with Gasteiger partial charge in [0.05, 0.1) is 32.9 Å². The van der Waals surface area contributed by atoms with Gasteiger partial charge in [0.2, 0.25) is 0 Å². The topological polar surface area (TPSA) is 35.6 Å². The van der Waals surface area contributed by atoms with E-state index < -0.39 is 0 Å². The molecule has 0 aliphatic rings. The molecule has 0 amide bonds. The van der Waals surface area contributed by atoms with Crippen LogP contribution < -0.4 is 0 Å². The monoisotopic (exact) mass is 652 g/mol. The summed E-state index contributed by atoms with van der Waals surface area (Å²) in [6, 6.07) is 31.8. The van der Waals surface area contributed by atoms with E-state index in [0.717, 1.165) is 31.6 Å². The van der Waals surface area contributed by atoms with Crippen LogP contribution in [0.1, 0.15) is 16.7 Å². The quantitative estimate of drug-likeness (QED) is 0.142. The number of benzene rings is 4. The van der Waals surface area contributed by atoms with E-state index in [1.165, 1.54) is 24.3 Å². The van der Waals surface area contributed by atoms with E-state index in [0.29, 0.717) is 0 Å². The molecule has 0 saturated carbocycles. The third-order valence-corrected chi connectivity index (χ3v) is 5.94. The van der Waals surface area contributed by atoms with Crippen molar-refractivity contribution in [2.75, 3.05) is 0 Å². The lowest BCUT2D eigenvalue weighted by molar-refractivity contribution is 0.626. The molecule has 0 aliphatic heterocycles. The van der Waals surface area contributed by atoms with Gasteiger partial charge in [-0.2, -0.15) is 10.2 Å². The second-order valence-electron chi connectivity index (χ2n) is 8.36. The zero-order chi connectivity index (χ0) is 28.9. The normalized spacial score (nSPS) is 9.61. The Morgan fingerprint density at radius 3 is 1.49 bits per heavy atom. The lowest BCUT2D eigenvalue weighted by Crippen LogP contribution is -1.93. The highest BCUT2D eigenvalue weighted by Gasteiger charge is 2.00. The highest BCUT2D eigenvalue weighted by Crippen LogP contribution is 2.11. The van der Waals surface area contributed by atoms with Gasteiger partial charge in [0.15, 0.2) is 0 Å². The molecule has 0 saturated heterocycles. The van der Waals surface area contributed by atoms with E-state index in [-0.39, 0.29) is 11.6 Å². The minimum Gasteiger partial charge on any atom is -0.240 e. The van der Waals surface area contributed by atoms with E-state index in [4.69, 9.17) is 6.42 Å². The van der Waals surface area contributed by atoms with Crippen LogP contribution in [0.5, 0.6) is 0 Å². The highest BCUT2D eigenvalue weighted by molar-refractivity contribution is 14.1. The van der Waals surface area contributed by atoms with Gasteiger partial charge >= 0.3 is 0 Å². The molecule has 6 rings (SSSR count). The molecule has 2 aromatic heterocycles. The van der Waals surface area contributed by atoms with Gasteiger partial charge in [-0.05, 0) is 95.4 Å². The third kappa shape index (κ3) is 9.31. The van der Waals surface area contributed by atoms with Gasteiger partial charge in [-0.15, -0.1) is 6.42 Å². The first-order valence-corrected chi connectivity index (χ1v) is 13.4. The van der Waals surface area contributed by atoms with Crippen molar-refractivity contribution < 1.29 is 8.78 Å². The Kier molecular flexibility index (Phi) is 10.6. The molecule has 0 spiro atoms. The molecule has 0 aliphatic carbocycles. The van der Waals surface area contributed by atoms with Gasteiger partial charge < -0.3 is 0 Å². The average molecular weight is 652 g/mol. The first-order chi connectivity index (χ1) is 20.0. The van der Waals surface area contributed by atoms with Crippen molar-refractivity contribution >= 4 is 22.6 Å². The first kappa shape index (κ1) is 29.0. The fourth-order valence-electron chi connectivity index (χ4n) is 3.36. The lowest BCUT2D eigenvalue weighted by atomic mass is 10.2. The number of rotatable bonds is 2. The Hall–Kier alpha value is -4.99. The molecule has 0 bridgehead atoms. The molecule has 4 aromatic carbocycles. The van der Waals surface area contributed by atoms with Gasteiger partial charge in [0, 0.05) is 23.5 Å². The molecule has 2 heterocycles. The van der Waals surface area contributed by atoms with Crippen LogP contribution in [0.15, 0.2) is 134 Å². The largest absolute Gasteiger partial charge is 0.240 e. The highest BCUT2D eigenvalue weighted by atomic mass is 127. The summed E-state index contributed by atoms with van der Waals surface area (Å²) in [4.78, 5) is 0. The van der Waals surface area contributed by atoms with Gasteiger partial charge in [-0.3, -0.25) is 0 Å². The van der Waals surface area contributed by atoms with Gasteiger partial charge in [0.25, 0.3) is 0 Å². The van der Waals surface area contributed by atoms with Crippen molar-refractivity contribution in [2.24, 2.45) is 0 Å². The summed E-state index contributed by atoms with van der Waals surface area (Å²) in [5, 5.41) is 8.32. The summed E-state index contributed by atoms with van der Waals surface area (Å²) in [7, 11) is 0. The molecular formula is C34H23F2IN4. The Labute approximate surface area is 251 Å². The van der Waals surface area contributed by atoms with Crippen LogP contribution in [0.4, 0.5) is 8.78 Å². The maximum Gasteiger partial charge on any atom is 0.123 e. The van der Waals surface area contributed by atoms with Crippen molar-refractivity contribution in [1.29, 1.82) is 0 Å². The maximum absolute atomic E-state index is 12.9. The summed E-state index contributed by atoms with van der Waals surface area (Å²) in [6.45, 7) is 0. The molecular weight excluding hydrogens is 629 g/mol. The molecule has 0 unspecified atom stereocenters. The van der Waals surface area contributed by atoms with Crippen molar-refractivity contribution in [3.63, 3.8) is 0 Å². The minimum atomic E-state index is -0.259. The van der Waals surface area contributed by atoms with Crippen LogP contribution in [-0.4, -0.2) is 19.6 Å². The first-order valence-electron chi connectivity index (χ1n) is 12.4. The summed E-state index contributed by atoms with van der Waals surface area (Å²) in [5.74, 6) is 8.16. The number of aromatic nitrogens is 4. The molecule has 4 nitrogen and oxygen atoms in total. The number of hydrogen-bond acceptors (Lipinski definition) is 2. The van der Waals surface area contributed by atoms with Crippen LogP contribution in [0.25, 0.3) is 11.4 Å². The van der Waals surface area contributed by atoms with Crippen LogP contribution in [0, 0.1) is 39.4 Å². The zero-order valence-corrected chi connectivity index (χ0v) is 23.9. The predicted octanol–water partition coefficient (Wildman–Crippen LogP) is 7.70. The Morgan fingerprint density at radius 2 is 1.02 bits per heavy atom. The Morgan fingerprint density at radius 1 is 0.561 bits per heavy atom. The summed E-state index contributed by atoms with van der Waals surface area (Å²) >= 11 is 2.18. The molecule has 0 N–H and O–H groups in total. The SMILES string of the molecule is C#Cc1ccccc1.Fc1ccc(-n2cc(C#Cc3ccccc3)cn2)cc1.Fc1ccc(-n2cc(I)cn2)cc1. The van der Waals surface area contributed by atoms with Crippen LogP contribution in [0.2, 0.25) is 0 Å². The van der Waals surface area contributed by atoms with E-state index in [2.05, 4.69) is 50.5 Å². The van der Waals surface area contributed by atoms with Gasteiger partial charge in [-0.1, -0.05) is 54.2 Å². The molecule has 0 fully saturated rings. The standard InChI is InChI=1S/C17H11FN2.C9H6FIN2.C8H6/c18-16-8-10-17(11-9-16)20-13-15(12-19-20)7-6-14-4-2-1-3-5-14;10-7-1-3-9(4-2-7)13-6-8(11)5-12-13;1-2-8-6-4-3-5-7-8/h1-5,8-13H;1-6H;1,3-7H. The fourth-order valence-corrected chi connectivity index (χ4v) is 3.75. The van der Waals surface area contributed by atoms with Crippen LogP contribution in [0.3, 0.4) is 0 Å². The minimum absolute atomic E-state index is 0.231. The smallest absolute Gasteiger partial charge is 0.123 e. The average Bonchev–Trinajstić information content (AvgIpc) is 3.68. The summed E-state index contributed by atoms with van der Waals surface area (Å²) in [6.07, 6.45) is 12.3. The molecule has 0 atom stereocenters. The van der Waals surface area contributed by atoms with E-state index in [1.54, 1.807) is 46.0 Å². The molecule has 200 valence electrons. The number of terminal acetylenes is 1. The van der Waals surface area contributed by atoms with Crippen molar-refractivity contribution in [1.82, 2.24) is 19.6 Å². The van der Waals surface area contributed by atoms with Crippen molar-refractivity contribution in [3.05, 3.63) is 166 Å². The fraction of sp³-hybridized carbons (Fsp3) is 0. The number of halogens is 3. The lowest BCUT2D eigenvalue weighted by Gasteiger charge is -1.99. The van der Waals surface area contributed by atoms with Gasteiger partial charge in [-0.25, -0.2) is 18.1 Å². The summed E-state index contributed by atoms with van der Waals surface area (Å²) < 4.78 is 29.9. The maximum atomic E-state index is 12.9. The Balaban J connectivity index is 0.000000158. The van der Waals surface area contributed by atoms with Gasteiger partial charge in [0.1, 0.15) is 11.6 Å². The number of nitrogens with zero attached hydrogens (tertiary/aromatic N) is 4. The van der Waals surface area contributed by atoms with Crippen molar-refractivity contribution in [2.45, 2.75) is 0 Å². The summed E-state index contributed by atoms with van der Waals surface area (Å²) in [5.41, 5.74) is 4.39. The van der Waals surface area contributed by atoms with Crippen molar-refractivity contribution in [3.8, 4) is 35.6 Å². The Bertz CT molecular complexity index is 1760. The molecule has 6 aromatic rings. The molecule has 7 heteroatoms.